The second kappa shape index (κ2) is 10.1. The summed E-state index contributed by atoms with van der Waals surface area (Å²) < 4.78 is 29.5. The van der Waals surface area contributed by atoms with E-state index in [-0.39, 0.29) is 17.7 Å². The lowest BCUT2D eigenvalue weighted by atomic mass is 10.2. The molecule has 2 N–H and O–H groups in total. The van der Waals surface area contributed by atoms with Crippen molar-refractivity contribution in [1.29, 1.82) is 0 Å². The van der Waals surface area contributed by atoms with Crippen LogP contribution in [0.4, 0.5) is 4.39 Å². The molecule has 1 aliphatic rings. The number of hydrogen-bond acceptors (Lipinski definition) is 4. The first-order valence-electron chi connectivity index (χ1n) is 8.19. The van der Waals surface area contributed by atoms with Crippen LogP contribution in [0, 0.1) is 5.82 Å². The molecule has 6 nitrogen and oxygen atoms in total. The van der Waals surface area contributed by atoms with Gasteiger partial charge in [-0.1, -0.05) is 6.07 Å². The predicted molar refractivity (Wildman–Crippen MR) is 90.9 cm³/mol. The summed E-state index contributed by atoms with van der Waals surface area (Å²) in [5.74, 6) is 0.553. The van der Waals surface area contributed by atoms with Gasteiger partial charge in [0.2, 0.25) is 0 Å². The van der Waals surface area contributed by atoms with Crippen molar-refractivity contribution < 1.29 is 18.6 Å². The van der Waals surface area contributed by atoms with E-state index in [0.717, 1.165) is 31.6 Å². The van der Waals surface area contributed by atoms with Crippen LogP contribution < -0.4 is 15.4 Å². The minimum Gasteiger partial charge on any atom is -0.494 e. The van der Waals surface area contributed by atoms with Crippen molar-refractivity contribution in [3.63, 3.8) is 0 Å². The Morgan fingerprint density at radius 3 is 2.96 bits per heavy atom. The Labute approximate surface area is 142 Å². The number of halogens is 1. The fourth-order valence-corrected chi connectivity index (χ4v) is 2.40. The Bertz CT molecular complexity index is 534. The van der Waals surface area contributed by atoms with Gasteiger partial charge in [0.05, 0.1) is 19.8 Å². The number of nitrogens with one attached hydrogen (secondary N) is 2. The number of benzene rings is 1. The second-order valence-corrected chi connectivity index (χ2v) is 5.53. The molecule has 24 heavy (non-hydrogen) atoms. The van der Waals surface area contributed by atoms with Crippen LogP contribution in [0.2, 0.25) is 0 Å². The molecule has 0 spiro atoms. The van der Waals surface area contributed by atoms with Gasteiger partial charge in [0.25, 0.3) is 0 Å². The zero-order chi connectivity index (χ0) is 17.2. The van der Waals surface area contributed by atoms with Crippen molar-refractivity contribution in [2.75, 3.05) is 40.5 Å². The van der Waals surface area contributed by atoms with Crippen LogP contribution in [0.3, 0.4) is 0 Å². The molecule has 1 aliphatic heterocycles. The largest absolute Gasteiger partial charge is 0.494 e. The summed E-state index contributed by atoms with van der Waals surface area (Å²) in [6.07, 6.45) is 2.11. The first-order valence-corrected chi connectivity index (χ1v) is 8.19. The van der Waals surface area contributed by atoms with Crippen molar-refractivity contribution in [3.8, 4) is 5.75 Å². The van der Waals surface area contributed by atoms with Crippen molar-refractivity contribution in [3.05, 3.63) is 29.6 Å². The zero-order valence-corrected chi connectivity index (χ0v) is 14.3. The van der Waals surface area contributed by atoms with E-state index in [4.69, 9.17) is 14.2 Å². The minimum atomic E-state index is -0.368. The lowest BCUT2D eigenvalue weighted by Gasteiger charge is -2.13. The Balaban J connectivity index is 1.64. The average Bonchev–Trinajstić information content (AvgIpc) is 3.11. The van der Waals surface area contributed by atoms with Crippen molar-refractivity contribution in [2.24, 2.45) is 4.99 Å². The highest BCUT2D eigenvalue weighted by Gasteiger charge is 2.15. The molecule has 0 bridgehead atoms. The molecule has 1 saturated heterocycles. The van der Waals surface area contributed by atoms with E-state index < -0.39 is 0 Å². The fraction of sp³-hybridized carbons (Fsp3) is 0.588. The highest BCUT2D eigenvalue weighted by Crippen LogP contribution is 2.17. The number of ether oxygens (including phenoxy) is 3. The third-order valence-electron chi connectivity index (χ3n) is 3.75. The molecule has 7 heteroatoms. The summed E-state index contributed by atoms with van der Waals surface area (Å²) in [7, 11) is 3.15. The molecule has 1 aromatic rings. The van der Waals surface area contributed by atoms with Crippen LogP contribution in [0.1, 0.15) is 18.4 Å². The van der Waals surface area contributed by atoms with Gasteiger partial charge >= 0.3 is 0 Å². The quantitative estimate of drug-likeness (QED) is 0.429. The van der Waals surface area contributed by atoms with Crippen LogP contribution in [-0.4, -0.2) is 52.6 Å². The van der Waals surface area contributed by atoms with Crippen molar-refractivity contribution >= 4 is 5.96 Å². The maximum absolute atomic E-state index is 13.7. The number of guanidine groups is 1. The molecule has 2 rings (SSSR count). The van der Waals surface area contributed by atoms with Crippen LogP contribution in [-0.2, 0) is 16.0 Å². The number of methoxy groups -OCH3 is 1. The lowest BCUT2D eigenvalue weighted by Crippen LogP contribution is -2.37. The molecule has 1 atom stereocenters. The van der Waals surface area contributed by atoms with Crippen LogP contribution in [0.25, 0.3) is 0 Å². The van der Waals surface area contributed by atoms with Crippen molar-refractivity contribution in [1.82, 2.24) is 10.6 Å². The van der Waals surface area contributed by atoms with Gasteiger partial charge in [0.15, 0.2) is 17.5 Å². The summed E-state index contributed by atoms with van der Waals surface area (Å²) in [5, 5.41) is 6.36. The van der Waals surface area contributed by atoms with Gasteiger partial charge in [-0.3, -0.25) is 4.99 Å². The highest BCUT2D eigenvalue weighted by molar-refractivity contribution is 5.79. The first-order chi connectivity index (χ1) is 11.7. The minimum absolute atomic E-state index is 0.243. The standard InChI is InChI=1S/C17H26FN3O3/c1-19-17(20-7-3-8-24-14-6-9-23-12-14)21-11-13-4-5-16(22-2)15(18)10-13/h4-5,10,14H,3,6-9,11-12H2,1-2H3,(H2,19,20,21). The normalized spacial score (nSPS) is 17.8. The highest BCUT2D eigenvalue weighted by atomic mass is 19.1. The third-order valence-corrected chi connectivity index (χ3v) is 3.75. The van der Waals surface area contributed by atoms with Crippen molar-refractivity contribution in [2.45, 2.75) is 25.5 Å². The van der Waals surface area contributed by atoms with Crippen LogP contribution >= 0.6 is 0 Å². The molecule has 0 amide bonds. The monoisotopic (exact) mass is 339 g/mol. The van der Waals surface area contributed by atoms with Gasteiger partial charge in [0, 0.05) is 33.4 Å². The maximum Gasteiger partial charge on any atom is 0.191 e. The van der Waals surface area contributed by atoms with Gasteiger partial charge in [-0.25, -0.2) is 4.39 Å². The van der Waals surface area contributed by atoms with E-state index >= 15 is 0 Å². The number of aliphatic imine (C=N–C) groups is 1. The molecule has 1 fully saturated rings. The molecule has 134 valence electrons. The molecular weight excluding hydrogens is 313 g/mol. The number of nitrogens with zero attached hydrogens (tertiary/aromatic N) is 1. The molecule has 1 heterocycles. The van der Waals surface area contributed by atoms with E-state index in [0.29, 0.717) is 25.7 Å². The molecule has 0 aromatic heterocycles. The molecular formula is C17H26FN3O3. The lowest BCUT2D eigenvalue weighted by molar-refractivity contribution is 0.0420. The summed E-state index contributed by atoms with van der Waals surface area (Å²) >= 11 is 0. The number of rotatable bonds is 8. The smallest absolute Gasteiger partial charge is 0.191 e. The average molecular weight is 339 g/mol. The summed E-state index contributed by atoms with van der Waals surface area (Å²) in [5.41, 5.74) is 0.820. The summed E-state index contributed by atoms with van der Waals surface area (Å²) in [6, 6.07) is 4.89. The number of hydrogen-bond donors (Lipinski definition) is 2. The van der Waals surface area contributed by atoms with E-state index in [9.17, 15) is 4.39 Å². The summed E-state index contributed by atoms with van der Waals surface area (Å²) in [4.78, 5) is 4.15. The Kier molecular flexibility index (Phi) is 7.77. The molecule has 0 saturated carbocycles. The Hall–Kier alpha value is -1.86. The Morgan fingerprint density at radius 1 is 1.42 bits per heavy atom. The third kappa shape index (κ3) is 5.98. The topological polar surface area (TPSA) is 64.1 Å². The zero-order valence-electron chi connectivity index (χ0n) is 14.3. The van der Waals surface area contributed by atoms with Crippen LogP contribution in [0.15, 0.2) is 23.2 Å². The SMILES string of the molecule is CN=C(NCCCOC1CCOC1)NCc1ccc(OC)c(F)c1. The first kappa shape index (κ1) is 18.5. The van der Waals surface area contributed by atoms with Crippen LogP contribution in [0.5, 0.6) is 5.75 Å². The molecule has 0 radical (unpaired) electrons. The fourth-order valence-electron chi connectivity index (χ4n) is 2.40. The molecule has 1 unspecified atom stereocenters. The van der Waals surface area contributed by atoms with E-state index in [1.807, 2.05) is 6.07 Å². The molecule has 0 aliphatic carbocycles. The maximum atomic E-state index is 13.7. The van der Waals surface area contributed by atoms with Gasteiger partial charge in [0.1, 0.15) is 0 Å². The predicted octanol–water partition coefficient (Wildman–Crippen LogP) is 1.69. The van der Waals surface area contributed by atoms with Gasteiger partial charge < -0.3 is 24.8 Å². The van der Waals surface area contributed by atoms with Gasteiger partial charge in [-0.05, 0) is 30.5 Å². The Morgan fingerprint density at radius 2 is 2.29 bits per heavy atom. The van der Waals surface area contributed by atoms with E-state index in [1.165, 1.54) is 13.2 Å². The summed E-state index contributed by atoms with van der Waals surface area (Å²) in [6.45, 7) is 3.43. The second-order valence-electron chi connectivity index (χ2n) is 5.53. The van der Waals surface area contributed by atoms with E-state index in [2.05, 4.69) is 15.6 Å². The molecule has 1 aromatic carbocycles. The van der Waals surface area contributed by atoms with Gasteiger partial charge in [-0.2, -0.15) is 0 Å². The van der Waals surface area contributed by atoms with E-state index in [1.54, 1.807) is 13.1 Å². The van der Waals surface area contributed by atoms with Gasteiger partial charge in [-0.15, -0.1) is 0 Å².